The van der Waals surface area contributed by atoms with Gasteiger partial charge in [0.25, 0.3) is 0 Å². The van der Waals surface area contributed by atoms with Crippen LogP contribution in [0.15, 0.2) is 29.0 Å². The molecule has 5 nitrogen and oxygen atoms in total. The SMILES string of the molecule is Cc1nc(CN2CCN(c3ccc(C(F)(F)F)cn3)CC2)co1. The van der Waals surface area contributed by atoms with Gasteiger partial charge in [-0.25, -0.2) is 9.97 Å². The van der Waals surface area contributed by atoms with E-state index in [1.807, 2.05) is 4.90 Å². The Morgan fingerprint density at radius 1 is 1.17 bits per heavy atom. The molecule has 2 aromatic heterocycles. The summed E-state index contributed by atoms with van der Waals surface area (Å²) in [6.07, 6.45) is -1.81. The Hall–Kier alpha value is -2.09. The minimum atomic E-state index is -4.35. The van der Waals surface area contributed by atoms with Crippen LogP contribution in [0, 0.1) is 6.92 Å². The van der Waals surface area contributed by atoms with Crippen LogP contribution >= 0.6 is 0 Å². The first kappa shape index (κ1) is 15.8. The van der Waals surface area contributed by atoms with Crippen molar-refractivity contribution >= 4 is 5.82 Å². The summed E-state index contributed by atoms with van der Waals surface area (Å²) in [5, 5.41) is 0. The lowest BCUT2D eigenvalue weighted by Crippen LogP contribution is -2.46. The van der Waals surface area contributed by atoms with E-state index in [2.05, 4.69) is 14.9 Å². The summed E-state index contributed by atoms with van der Waals surface area (Å²) in [7, 11) is 0. The van der Waals surface area contributed by atoms with Gasteiger partial charge in [-0.1, -0.05) is 0 Å². The summed E-state index contributed by atoms with van der Waals surface area (Å²) in [6.45, 7) is 5.55. The number of hydrogen-bond donors (Lipinski definition) is 0. The fourth-order valence-corrected chi connectivity index (χ4v) is 2.59. The number of aryl methyl sites for hydroxylation is 1. The number of anilines is 1. The molecule has 8 heteroatoms. The van der Waals surface area contributed by atoms with E-state index < -0.39 is 11.7 Å². The van der Waals surface area contributed by atoms with Crippen molar-refractivity contribution in [2.45, 2.75) is 19.6 Å². The zero-order valence-corrected chi connectivity index (χ0v) is 12.7. The molecule has 0 N–H and O–H groups in total. The van der Waals surface area contributed by atoms with Crippen LogP contribution in [0.25, 0.3) is 0 Å². The van der Waals surface area contributed by atoms with Gasteiger partial charge in [0.2, 0.25) is 0 Å². The van der Waals surface area contributed by atoms with E-state index in [1.165, 1.54) is 6.07 Å². The number of aromatic nitrogens is 2. The molecular formula is C15H17F3N4O. The van der Waals surface area contributed by atoms with E-state index in [-0.39, 0.29) is 0 Å². The number of rotatable bonds is 3. The molecule has 0 atom stereocenters. The van der Waals surface area contributed by atoms with Crippen molar-refractivity contribution in [2.75, 3.05) is 31.1 Å². The number of halogens is 3. The van der Waals surface area contributed by atoms with Gasteiger partial charge in [0, 0.05) is 45.8 Å². The van der Waals surface area contributed by atoms with Crippen molar-refractivity contribution in [3.05, 3.63) is 41.7 Å². The topological polar surface area (TPSA) is 45.4 Å². The summed E-state index contributed by atoms with van der Waals surface area (Å²) >= 11 is 0. The van der Waals surface area contributed by atoms with Crippen molar-refractivity contribution in [3.8, 4) is 0 Å². The standard InChI is InChI=1S/C15H17F3N4O/c1-11-20-13(10-23-11)9-21-4-6-22(7-5-21)14-3-2-12(8-19-14)15(16,17)18/h2-3,8,10H,4-7,9H2,1H3. The summed E-state index contributed by atoms with van der Waals surface area (Å²) in [4.78, 5) is 12.4. The minimum Gasteiger partial charge on any atom is -0.449 e. The van der Waals surface area contributed by atoms with Gasteiger partial charge in [0.15, 0.2) is 5.89 Å². The molecule has 3 heterocycles. The Balaban J connectivity index is 1.56. The van der Waals surface area contributed by atoms with E-state index in [0.29, 0.717) is 18.3 Å². The molecule has 0 spiro atoms. The third-order valence-corrected chi connectivity index (χ3v) is 3.82. The van der Waals surface area contributed by atoms with Gasteiger partial charge in [0.1, 0.15) is 12.1 Å². The predicted molar refractivity (Wildman–Crippen MR) is 78.0 cm³/mol. The number of hydrogen-bond acceptors (Lipinski definition) is 5. The normalized spacial score (nSPS) is 16.8. The molecule has 0 unspecified atom stereocenters. The van der Waals surface area contributed by atoms with E-state index in [9.17, 15) is 13.2 Å². The van der Waals surface area contributed by atoms with Crippen molar-refractivity contribution in [1.29, 1.82) is 0 Å². The van der Waals surface area contributed by atoms with Gasteiger partial charge >= 0.3 is 6.18 Å². The zero-order chi connectivity index (χ0) is 16.4. The maximum absolute atomic E-state index is 12.5. The highest BCUT2D eigenvalue weighted by Gasteiger charge is 2.31. The van der Waals surface area contributed by atoms with Crippen molar-refractivity contribution < 1.29 is 17.6 Å². The molecule has 23 heavy (non-hydrogen) atoms. The summed E-state index contributed by atoms with van der Waals surface area (Å²) in [5.41, 5.74) is 0.171. The third kappa shape index (κ3) is 3.82. The van der Waals surface area contributed by atoms with E-state index in [0.717, 1.165) is 44.1 Å². The van der Waals surface area contributed by atoms with Gasteiger partial charge < -0.3 is 9.32 Å². The number of oxazole rings is 1. The molecule has 1 aliphatic rings. The smallest absolute Gasteiger partial charge is 0.417 e. The van der Waals surface area contributed by atoms with Gasteiger partial charge in [-0.3, -0.25) is 4.90 Å². The zero-order valence-electron chi connectivity index (χ0n) is 12.7. The first-order valence-corrected chi connectivity index (χ1v) is 7.33. The summed E-state index contributed by atoms with van der Waals surface area (Å²) in [5.74, 6) is 1.22. The number of piperazine rings is 1. The Kier molecular flexibility index (Phi) is 4.25. The molecule has 0 radical (unpaired) electrons. The van der Waals surface area contributed by atoms with Crippen LogP contribution < -0.4 is 4.90 Å². The molecular weight excluding hydrogens is 309 g/mol. The van der Waals surface area contributed by atoms with E-state index in [4.69, 9.17) is 4.42 Å². The van der Waals surface area contributed by atoms with Gasteiger partial charge in [-0.2, -0.15) is 13.2 Å². The molecule has 2 aromatic rings. The highest BCUT2D eigenvalue weighted by Crippen LogP contribution is 2.29. The first-order chi connectivity index (χ1) is 10.9. The quantitative estimate of drug-likeness (QED) is 0.868. The van der Waals surface area contributed by atoms with Crippen molar-refractivity contribution in [1.82, 2.24) is 14.9 Å². The Morgan fingerprint density at radius 3 is 2.43 bits per heavy atom. The lowest BCUT2D eigenvalue weighted by atomic mass is 10.2. The lowest BCUT2D eigenvalue weighted by molar-refractivity contribution is -0.137. The average Bonchev–Trinajstić information content (AvgIpc) is 2.92. The minimum absolute atomic E-state index is 0.579. The second-order valence-corrected chi connectivity index (χ2v) is 5.52. The second-order valence-electron chi connectivity index (χ2n) is 5.52. The molecule has 3 rings (SSSR count). The maximum Gasteiger partial charge on any atom is 0.417 e. The van der Waals surface area contributed by atoms with Crippen LogP contribution in [0.5, 0.6) is 0 Å². The number of pyridine rings is 1. The van der Waals surface area contributed by atoms with Gasteiger partial charge in [-0.15, -0.1) is 0 Å². The molecule has 1 aliphatic heterocycles. The molecule has 1 fully saturated rings. The van der Waals surface area contributed by atoms with Crippen LogP contribution in [-0.4, -0.2) is 41.0 Å². The molecule has 0 bridgehead atoms. The number of alkyl halides is 3. The largest absolute Gasteiger partial charge is 0.449 e. The molecule has 124 valence electrons. The molecule has 0 saturated carbocycles. The van der Waals surface area contributed by atoms with Gasteiger partial charge in [-0.05, 0) is 12.1 Å². The lowest BCUT2D eigenvalue weighted by Gasteiger charge is -2.35. The highest BCUT2D eigenvalue weighted by atomic mass is 19.4. The second kappa shape index (κ2) is 6.19. The first-order valence-electron chi connectivity index (χ1n) is 7.33. The van der Waals surface area contributed by atoms with Crippen LogP contribution in [0.4, 0.5) is 19.0 Å². The predicted octanol–water partition coefficient (Wildman–Crippen LogP) is 2.72. The van der Waals surface area contributed by atoms with Crippen molar-refractivity contribution in [2.24, 2.45) is 0 Å². The number of nitrogens with zero attached hydrogens (tertiary/aromatic N) is 4. The molecule has 0 amide bonds. The fourth-order valence-electron chi connectivity index (χ4n) is 2.59. The average molecular weight is 326 g/mol. The molecule has 0 aromatic carbocycles. The Morgan fingerprint density at radius 2 is 1.91 bits per heavy atom. The highest BCUT2D eigenvalue weighted by molar-refractivity contribution is 5.40. The maximum atomic E-state index is 12.5. The monoisotopic (exact) mass is 326 g/mol. The Labute approximate surface area is 131 Å². The van der Waals surface area contributed by atoms with Crippen LogP contribution in [0.1, 0.15) is 17.1 Å². The molecule has 1 saturated heterocycles. The fraction of sp³-hybridized carbons (Fsp3) is 0.467. The Bertz CT molecular complexity index is 645. The van der Waals surface area contributed by atoms with E-state index in [1.54, 1.807) is 13.2 Å². The van der Waals surface area contributed by atoms with E-state index >= 15 is 0 Å². The summed E-state index contributed by atoms with van der Waals surface area (Å²) in [6, 6.07) is 2.51. The third-order valence-electron chi connectivity index (χ3n) is 3.82. The van der Waals surface area contributed by atoms with Crippen molar-refractivity contribution in [3.63, 3.8) is 0 Å². The van der Waals surface area contributed by atoms with Crippen LogP contribution in [0.2, 0.25) is 0 Å². The summed E-state index contributed by atoms with van der Waals surface area (Å²) < 4.78 is 42.8. The van der Waals surface area contributed by atoms with Crippen LogP contribution in [-0.2, 0) is 12.7 Å². The molecule has 0 aliphatic carbocycles. The van der Waals surface area contributed by atoms with Gasteiger partial charge in [0.05, 0.1) is 11.3 Å². The van der Waals surface area contributed by atoms with Crippen LogP contribution in [0.3, 0.4) is 0 Å².